The van der Waals surface area contributed by atoms with Gasteiger partial charge in [0.15, 0.2) is 11.5 Å². The van der Waals surface area contributed by atoms with E-state index in [0.29, 0.717) is 17.0 Å². The highest BCUT2D eigenvalue weighted by Crippen LogP contribution is 2.31. The van der Waals surface area contributed by atoms with Gasteiger partial charge in [0.25, 0.3) is 0 Å². The highest BCUT2D eigenvalue weighted by molar-refractivity contribution is 5.99. The van der Waals surface area contributed by atoms with Crippen molar-refractivity contribution in [2.45, 2.75) is 44.6 Å². The fraction of sp³-hybridized carbons (Fsp3) is 0.333. The van der Waals surface area contributed by atoms with Crippen molar-refractivity contribution in [3.8, 4) is 11.5 Å². The Hall–Kier alpha value is -2.82. The molecule has 0 radical (unpaired) electrons. The third kappa shape index (κ3) is 4.04. The highest BCUT2D eigenvalue weighted by atomic mass is 16.3. The number of benzene rings is 1. The van der Waals surface area contributed by atoms with Crippen LogP contribution in [-0.4, -0.2) is 27.1 Å². The molecule has 0 saturated heterocycles. The Morgan fingerprint density at radius 1 is 1.12 bits per heavy atom. The van der Waals surface area contributed by atoms with Crippen LogP contribution in [0.2, 0.25) is 0 Å². The number of aromatic nitrogens is 1. The van der Waals surface area contributed by atoms with Crippen LogP contribution in [0.5, 0.6) is 11.5 Å². The Labute approximate surface area is 153 Å². The molecule has 1 fully saturated rings. The number of amides is 1. The predicted octanol–water partition coefficient (Wildman–Crippen LogP) is 4.26. The Kier molecular flexibility index (Phi) is 5.56. The summed E-state index contributed by atoms with van der Waals surface area (Å²) >= 11 is 0. The van der Waals surface area contributed by atoms with Crippen LogP contribution in [0.3, 0.4) is 0 Å². The monoisotopic (exact) mass is 352 g/mol. The first kappa shape index (κ1) is 18.0. The van der Waals surface area contributed by atoms with E-state index in [1.807, 2.05) is 23.1 Å². The Morgan fingerprint density at radius 3 is 2.54 bits per heavy atom. The van der Waals surface area contributed by atoms with Crippen molar-refractivity contribution < 1.29 is 15.0 Å². The first-order valence-electron chi connectivity index (χ1n) is 8.99. The van der Waals surface area contributed by atoms with Gasteiger partial charge in [0, 0.05) is 12.2 Å². The normalized spacial score (nSPS) is 14.8. The average Bonchev–Trinajstić information content (AvgIpc) is 2.66. The zero-order valence-electron chi connectivity index (χ0n) is 14.8. The van der Waals surface area contributed by atoms with Gasteiger partial charge in [-0.15, -0.1) is 0 Å². The molecule has 0 aliphatic heterocycles. The molecular weight excluding hydrogens is 328 g/mol. The van der Waals surface area contributed by atoms with Crippen LogP contribution in [-0.2, 0) is 4.79 Å². The van der Waals surface area contributed by atoms with Crippen molar-refractivity contribution >= 4 is 17.3 Å². The molecule has 5 heteroatoms. The van der Waals surface area contributed by atoms with Crippen molar-refractivity contribution in [2.24, 2.45) is 0 Å². The standard InChI is InChI=1S/C21H24N2O3/c1-15(16-10-11-18(24)19(25)14-16)13-21(26)23(17-7-3-2-4-8-17)20-9-5-6-12-22-20/h5-6,9-12,14,17,24-25H,1-4,7-8,13H2. The minimum absolute atomic E-state index is 0.0480. The van der Waals surface area contributed by atoms with Gasteiger partial charge in [0.1, 0.15) is 5.82 Å². The molecule has 3 rings (SSSR count). The van der Waals surface area contributed by atoms with Gasteiger partial charge >= 0.3 is 0 Å². The summed E-state index contributed by atoms with van der Waals surface area (Å²) in [7, 11) is 0. The number of nitrogens with zero attached hydrogens (tertiary/aromatic N) is 2. The molecule has 2 N–H and O–H groups in total. The van der Waals surface area contributed by atoms with Gasteiger partial charge in [-0.05, 0) is 48.2 Å². The van der Waals surface area contributed by atoms with Crippen LogP contribution >= 0.6 is 0 Å². The number of hydrogen-bond donors (Lipinski definition) is 2. The molecule has 1 amide bonds. The van der Waals surface area contributed by atoms with Crippen molar-refractivity contribution in [1.29, 1.82) is 0 Å². The van der Waals surface area contributed by atoms with Crippen LogP contribution in [0, 0.1) is 0 Å². The molecule has 5 nitrogen and oxygen atoms in total. The quantitative estimate of drug-likeness (QED) is 0.789. The lowest BCUT2D eigenvalue weighted by molar-refractivity contribution is -0.118. The number of hydrogen-bond acceptors (Lipinski definition) is 4. The summed E-state index contributed by atoms with van der Waals surface area (Å²) in [6.07, 6.45) is 7.24. The topological polar surface area (TPSA) is 73.7 Å². The maximum atomic E-state index is 13.1. The van der Waals surface area contributed by atoms with Crippen LogP contribution in [0.4, 0.5) is 5.82 Å². The van der Waals surface area contributed by atoms with Crippen molar-refractivity contribution in [1.82, 2.24) is 4.98 Å². The first-order valence-corrected chi connectivity index (χ1v) is 8.99. The molecule has 0 unspecified atom stereocenters. The molecule has 26 heavy (non-hydrogen) atoms. The second-order valence-electron chi connectivity index (χ2n) is 6.73. The third-order valence-corrected chi connectivity index (χ3v) is 4.85. The van der Waals surface area contributed by atoms with E-state index in [4.69, 9.17) is 0 Å². The van der Waals surface area contributed by atoms with E-state index in [1.54, 1.807) is 12.3 Å². The summed E-state index contributed by atoms with van der Waals surface area (Å²) in [6, 6.07) is 10.2. The number of phenolic OH excluding ortho intramolecular Hbond substituents is 2. The number of phenols is 2. The minimum Gasteiger partial charge on any atom is -0.504 e. The van der Waals surface area contributed by atoms with Crippen LogP contribution in [0.1, 0.15) is 44.1 Å². The molecule has 0 bridgehead atoms. The average molecular weight is 352 g/mol. The number of aromatic hydroxyl groups is 2. The van der Waals surface area contributed by atoms with E-state index in [9.17, 15) is 15.0 Å². The number of rotatable bonds is 5. The summed E-state index contributed by atoms with van der Waals surface area (Å²) in [4.78, 5) is 19.3. The summed E-state index contributed by atoms with van der Waals surface area (Å²) in [5, 5.41) is 19.1. The lowest BCUT2D eigenvalue weighted by Gasteiger charge is -2.34. The van der Waals surface area contributed by atoms with Gasteiger partial charge in [0.2, 0.25) is 5.91 Å². The van der Waals surface area contributed by atoms with Gasteiger partial charge in [-0.25, -0.2) is 4.98 Å². The van der Waals surface area contributed by atoms with Crippen LogP contribution < -0.4 is 4.90 Å². The number of pyridine rings is 1. The van der Waals surface area contributed by atoms with E-state index >= 15 is 0 Å². The van der Waals surface area contributed by atoms with Crippen molar-refractivity contribution in [3.63, 3.8) is 0 Å². The molecule has 1 aromatic carbocycles. The summed E-state index contributed by atoms with van der Waals surface area (Å²) in [5.41, 5.74) is 1.24. The maximum Gasteiger partial charge on any atom is 0.232 e. The molecule has 1 aliphatic rings. The van der Waals surface area contributed by atoms with E-state index in [-0.39, 0.29) is 29.9 Å². The molecule has 136 valence electrons. The second-order valence-corrected chi connectivity index (χ2v) is 6.73. The van der Waals surface area contributed by atoms with Gasteiger partial charge < -0.3 is 10.2 Å². The fourth-order valence-corrected chi connectivity index (χ4v) is 3.47. The zero-order valence-corrected chi connectivity index (χ0v) is 14.8. The van der Waals surface area contributed by atoms with E-state index < -0.39 is 0 Å². The van der Waals surface area contributed by atoms with Crippen molar-refractivity contribution in [3.05, 3.63) is 54.7 Å². The van der Waals surface area contributed by atoms with Gasteiger partial charge in [-0.2, -0.15) is 0 Å². The van der Waals surface area contributed by atoms with E-state index in [2.05, 4.69) is 11.6 Å². The predicted molar refractivity (Wildman–Crippen MR) is 102 cm³/mol. The summed E-state index contributed by atoms with van der Waals surface area (Å²) in [5.74, 6) is 0.217. The first-order chi connectivity index (χ1) is 12.6. The van der Waals surface area contributed by atoms with E-state index in [0.717, 1.165) is 25.7 Å². The summed E-state index contributed by atoms with van der Waals surface area (Å²) < 4.78 is 0. The molecular formula is C21H24N2O3. The molecule has 1 saturated carbocycles. The molecule has 2 aromatic rings. The minimum atomic E-state index is -0.218. The van der Waals surface area contributed by atoms with Gasteiger partial charge in [0.05, 0.1) is 6.42 Å². The zero-order chi connectivity index (χ0) is 18.5. The Balaban J connectivity index is 1.80. The summed E-state index contributed by atoms with van der Waals surface area (Å²) in [6.45, 7) is 4.00. The van der Waals surface area contributed by atoms with Gasteiger partial charge in [-0.3, -0.25) is 9.69 Å². The lowest BCUT2D eigenvalue weighted by Crippen LogP contribution is -2.42. The van der Waals surface area contributed by atoms with Gasteiger partial charge in [-0.1, -0.05) is 38.0 Å². The van der Waals surface area contributed by atoms with E-state index in [1.165, 1.54) is 18.6 Å². The van der Waals surface area contributed by atoms with Crippen LogP contribution in [0.15, 0.2) is 49.2 Å². The Bertz CT molecular complexity index is 783. The largest absolute Gasteiger partial charge is 0.504 e. The lowest BCUT2D eigenvalue weighted by atomic mass is 9.93. The maximum absolute atomic E-state index is 13.1. The number of anilines is 1. The molecule has 1 aromatic heterocycles. The molecule has 0 spiro atoms. The SMILES string of the molecule is C=C(CC(=O)N(c1ccccn1)C1CCCCC1)c1ccc(O)c(O)c1. The Morgan fingerprint density at radius 2 is 1.88 bits per heavy atom. The smallest absolute Gasteiger partial charge is 0.232 e. The molecule has 1 heterocycles. The fourth-order valence-electron chi connectivity index (χ4n) is 3.47. The second kappa shape index (κ2) is 8.04. The number of carbonyl (C=O) groups is 1. The van der Waals surface area contributed by atoms with Crippen molar-refractivity contribution in [2.75, 3.05) is 4.90 Å². The molecule has 1 aliphatic carbocycles. The number of carbonyl (C=O) groups excluding carboxylic acids is 1. The molecule has 0 atom stereocenters. The van der Waals surface area contributed by atoms with Crippen LogP contribution in [0.25, 0.3) is 5.57 Å². The third-order valence-electron chi connectivity index (χ3n) is 4.85. The highest BCUT2D eigenvalue weighted by Gasteiger charge is 2.28.